The summed E-state index contributed by atoms with van der Waals surface area (Å²) in [6, 6.07) is 5.33. The molecule has 1 aromatic rings. The molecular weight excluding hydrogens is 382 g/mol. The predicted molar refractivity (Wildman–Crippen MR) is 104 cm³/mol. The third-order valence-electron chi connectivity index (χ3n) is 4.14. The second-order valence-electron chi connectivity index (χ2n) is 6.10. The molecule has 1 amide bonds. The first-order chi connectivity index (χ1) is 12.1. The van der Waals surface area contributed by atoms with Gasteiger partial charge < -0.3 is 10.5 Å². The zero-order chi connectivity index (χ0) is 18.1. The minimum Gasteiger partial charge on any atom is -0.480 e. The molecule has 1 aliphatic rings. The highest BCUT2D eigenvalue weighted by Crippen LogP contribution is 2.23. The predicted octanol–water partition coefficient (Wildman–Crippen LogP) is 3.62. The second-order valence-corrected chi connectivity index (χ2v) is 7.02. The van der Waals surface area contributed by atoms with Crippen molar-refractivity contribution in [1.29, 1.82) is 0 Å². The number of terminal acetylenes is 1. The van der Waals surface area contributed by atoms with Gasteiger partial charge in [0, 0.05) is 4.47 Å². The Bertz CT molecular complexity index is 659. The van der Waals surface area contributed by atoms with Crippen molar-refractivity contribution in [3.8, 4) is 18.1 Å². The number of amides is 1. The molecule has 0 unspecified atom stereocenters. The third kappa shape index (κ3) is 6.43. The number of hydrogen-bond donors (Lipinski definition) is 2. The molecule has 25 heavy (non-hydrogen) atoms. The fourth-order valence-corrected chi connectivity index (χ4v) is 3.26. The van der Waals surface area contributed by atoms with Crippen LogP contribution >= 0.6 is 15.9 Å². The van der Waals surface area contributed by atoms with Crippen LogP contribution in [0.3, 0.4) is 0 Å². The minimum atomic E-state index is -0.361. The van der Waals surface area contributed by atoms with Crippen LogP contribution in [-0.2, 0) is 0 Å². The van der Waals surface area contributed by atoms with Crippen LogP contribution in [0.2, 0.25) is 0 Å². The molecule has 0 saturated heterocycles. The minimum absolute atomic E-state index is 0.0908. The Morgan fingerprint density at radius 3 is 2.68 bits per heavy atom. The molecule has 1 aliphatic carbocycles. The molecule has 0 aromatic heterocycles. The largest absolute Gasteiger partial charge is 0.480 e. The van der Waals surface area contributed by atoms with Crippen LogP contribution in [0.5, 0.6) is 5.75 Å². The normalized spacial score (nSPS) is 16.4. The standard InChI is InChI=1S/C19H24BrN3O2/c1-2-12-25-17-11-10-14(20)13-16(17)18(24)23-19(21)22-15-8-6-4-3-5-7-9-15/h1,10-11,13,15H,3-9,12H2,(H3,21,22,23,24). The van der Waals surface area contributed by atoms with Gasteiger partial charge >= 0.3 is 0 Å². The first-order valence-corrected chi connectivity index (χ1v) is 9.40. The Morgan fingerprint density at radius 1 is 1.32 bits per heavy atom. The van der Waals surface area contributed by atoms with Gasteiger partial charge in [-0.25, -0.2) is 4.99 Å². The lowest BCUT2D eigenvalue weighted by Crippen LogP contribution is -2.38. The van der Waals surface area contributed by atoms with Gasteiger partial charge in [-0.3, -0.25) is 10.1 Å². The highest BCUT2D eigenvalue weighted by Gasteiger charge is 2.16. The highest BCUT2D eigenvalue weighted by molar-refractivity contribution is 9.10. The summed E-state index contributed by atoms with van der Waals surface area (Å²) in [6.07, 6.45) is 13.4. The quantitative estimate of drug-likeness (QED) is 0.456. The molecule has 1 aromatic carbocycles. The highest BCUT2D eigenvalue weighted by atomic mass is 79.9. The number of nitrogens with one attached hydrogen (secondary N) is 1. The summed E-state index contributed by atoms with van der Waals surface area (Å²) in [7, 11) is 0. The summed E-state index contributed by atoms with van der Waals surface area (Å²) in [5, 5.41) is 2.66. The number of aliphatic imine (C=N–C) groups is 1. The zero-order valence-electron chi connectivity index (χ0n) is 14.3. The van der Waals surface area contributed by atoms with Crippen molar-refractivity contribution < 1.29 is 9.53 Å². The van der Waals surface area contributed by atoms with E-state index in [1.54, 1.807) is 18.2 Å². The summed E-state index contributed by atoms with van der Waals surface area (Å²) < 4.78 is 6.19. The number of nitrogens with two attached hydrogens (primary N) is 1. The molecule has 1 saturated carbocycles. The molecule has 134 valence electrons. The van der Waals surface area contributed by atoms with E-state index in [4.69, 9.17) is 16.9 Å². The average Bonchev–Trinajstić information content (AvgIpc) is 2.56. The van der Waals surface area contributed by atoms with Crippen molar-refractivity contribution in [3.63, 3.8) is 0 Å². The molecule has 0 bridgehead atoms. The molecule has 3 N–H and O–H groups in total. The van der Waals surface area contributed by atoms with Crippen molar-refractivity contribution >= 4 is 27.8 Å². The number of benzene rings is 1. The molecule has 0 atom stereocenters. The maximum Gasteiger partial charge on any atom is 0.261 e. The molecule has 5 nitrogen and oxygen atoms in total. The van der Waals surface area contributed by atoms with E-state index >= 15 is 0 Å². The summed E-state index contributed by atoms with van der Waals surface area (Å²) in [6.45, 7) is 0.0908. The van der Waals surface area contributed by atoms with Gasteiger partial charge in [-0.05, 0) is 31.0 Å². The van der Waals surface area contributed by atoms with E-state index in [0.29, 0.717) is 11.3 Å². The zero-order valence-corrected chi connectivity index (χ0v) is 15.8. The maximum atomic E-state index is 12.5. The molecule has 0 aliphatic heterocycles. The monoisotopic (exact) mass is 405 g/mol. The van der Waals surface area contributed by atoms with E-state index in [0.717, 1.165) is 30.2 Å². The first kappa shape index (κ1) is 19.3. The number of ether oxygens (including phenoxy) is 1. The van der Waals surface area contributed by atoms with Gasteiger partial charge in [0.05, 0.1) is 11.6 Å². The van der Waals surface area contributed by atoms with Crippen LogP contribution in [-0.4, -0.2) is 24.5 Å². The number of rotatable bonds is 4. The van der Waals surface area contributed by atoms with Crippen molar-refractivity contribution in [2.24, 2.45) is 10.7 Å². The van der Waals surface area contributed by atoms with E-state index in [9.17, 15) is 4.79 Å². The first-order valence-electron chi connectivity index (χ1n) is 8.60. The molecule has 0 radical (unpaired) electrons. The number of carbonyl (C=O) groups is 1. The second kappa shape index (κ2) is 10.1. The number of hydrogen-bond acceptors (Lipinski definition) is 3. The number of carbonyl (C=O) groups excluding carboxylic acids is 1. The molecule has 0 heterocycles. The third-order valence-corrected chi connectivity index (χ3v) is 4.63. The lowest BCUT2D eigenvalue weighted by Gasteiger charge is -2.17. The van der Waals surface area contributed by atoms with E-state index in [1.165, 1.54) is 19.3 Å². The van der Waals surface area contributed by atoms with Crippen LogP contribution < -0.4 is 15.8 Å². The summed E-state index contributed by atoms with van der Waals surface area (Å²) in [5.41, 5.74) is 6.32. The van der Waals surface area contributed by atoms with Gasteiger partial charge in [0.15, 0.2) is 5.96 Å². The van der Waals surface area contributed by atoms with Crippen molar-refractivity contribution in [2.45, 2.75) is 51.0 Å². The Labute approximate surface area is 157 Å². The van der Waals surface area contributed by atoms with Gasteiger partial charge in [0.1, 0.15) is 12.4 Å². The molecule has 6 heteroatoms. The number of guanidine groups is 1. The Hall–Kier alpha value is -2.00. The van der Waals surface area contributed by atoms with E-state index < -0.39 is 0 Å². The maximum absolute atomic E-state index is 12.5. The fraction of sp³-hybridized carbons (Fsp3) is 0.474. The van der Waals surface area contributed by atoms with Crippen LogP contribution in [0.15, 0.2) is 27.7 Å². The molecular formula is C19H24BrN3O2. The Kier molecular flexibility index (Phi) is 7.80. The fourth-order valence-electron chi connectivity index (χ4n) is 2.90. The summed E-state index contributed by atoms with van der Waals surface area (Å²) in [4.78, 5) is 17.0. The van der Waals surface area contributed by atoms with Gasteiger partial charge in [0.25, 0.3) is 5.91 Å². The van der Waals surface area contributed by atoms with Gasteiger partial charge in [-0.2, -0.15) is 0 Å². The summed E-state index contributed by atoms with van der Waals surface area (Å²) >= 11 is 3.36. The Morgan fingerprint density at radius 2 is 2.00 bits per heavy atom. The van der Waals surface area contributed by atoms with Crippen LogP contribution in [0.25, 0.3) is 0 Å². The Balaban J connectivity index is 2.06. The SMILES string of the molecule is C#CCOc1ccc(Br)cc1C(=O)NC(N)=NC1CCCCCCC1. The average molecular weight is 406 g/mol. The van der Waals surface area contributed by atoms with Gasteiger partial charge in [0.2, 0.25) is 0 Å². The van der Waals surface area contributed by atoms with E-state index in [1.807, 2.05) is 0 Å². The summed E-state index contributed by atoms with van der Waals surface area (Å²) in [5.74, 6) is 2.59. The molecule has 2 rings (SSSR count). The lowest BCUT2D eigenvalue weighted by molar-refractivity contribution is 0.0973. The van der Waals surface area contributed by atoms with E-state index in [2.05, 4.69) is 32.2 Å². The van der Waals surface area contributed by atoms with Gasteiger partial charge in [-0.1, -0.05) is 54.0 Å². The van der Waals surface area contributed by atoms with Crippen LogP contribution in [0, 0.1) is 12.3 Å². The van der Waals surface area contributed by atoms with Crippen molar-refractivity contribution in [1.82, 2.24) is 5.32 Å². The van der Waals surface area contributed by atoms with E-state index in [-0.39, 0.29) is 24.5 Å². The molecule has 1 fully saturated rings. The van der Waals surface area contributed by atoms with Crippen molar-refractivity contribution in [3.05, 3.63) is 28.2 Å². The lowest BCUT2D eigenvalue weighted by atomic mass is 9.97. The topological polar surface area (TPSA) is 76.7 Å². The number of nitrogens with zero attached hydrogens (tertiary/aromatic N) is 1. The van der Waals surface area contributed by atoms with Crippen LogP contribution in [0.4, 0.5) is 0 Å². The smallest absolute Gasteiger partial charge is 0.261 e. The molecule has 0 spiro atoms. The van der Waals surface area contributed by atoms with Crippen LogP contribution in [0.1, 0.15) is 55.3 Å². The number of halogens is 1. The van der Waals surface area contributed by atoms with Crippen molar-refractivity contribution in [2.75, 3.05) is 6.61 Å². The van der Waals surface area contributed by atoms with Gasteiger partial charge in [-0.15, -0.1) is 6.42 Å².